The van der Waals surface area contributed by atoms with E-state index in [1.165, 1.54) is 0 Å². The van der Waals surface area contributed by atoms with Crippen molar-refractivity contribution in [3.05, 3.63) is 59.7 Å². The van der Waals surface area contributed by atoms with Crippen LogP contribution >= 0.6 is 0 Å². The predicted molar refractivity (Wildman–Crippen MR) is 124 cm³/mol. The fraction of sp³-hybridized carbons (Fsp3) is 0.360. The first-order valence-electron chi connectivity index (χ1n) is 10.9. The SMILES string of the molecule is CCOc1ccc(C(=O)CCC(=O)OCC(=O)Nc2ccccc2C(=O)NCC(C)C)cc1. The zero-order valence-electron chi connectivity index (χ0n) is 19.2. The van der Waals surface area contributed by atoms with Crippen LogP contribution < -0.4 is 15.4 Å². The second-order valence-corrected chi connectivity index (χ2v) is 7.74. The number of para-hydroxylation sites is 1. The van der Waals surface area contributed by atoms with Gasteiger partial charge in [-0.1, -0.05) is 26.0 Å². The molecule has 0 aromatic heterocycles. The molecule has 0 aliphatic carbocycles. The Labute approximate surface area is 193 Å². The molecule has 2 rings (SSSR count). The Kier molecular flexibility index (Phi) is 10.1. The number of hydrogen-bond donors (Lipinski definition) is 2. The first-order chi connectivity index (χ1) is 15.8. The molecule has 2 N–H and O–H groups in total. The third-order valence-electron chi connectivity index (χ3n) is 4.52. The molecule has 0 unspecified atom stereocenters. The number of esters is 1. The number of ketones is 1. The normalized spacial score (nSPS) is 10.4. The van der Waals surface area contributed by atoms with Gasteiger partial charge in [0.05, 0.1) is 24.3 Å². The van der Waals surface area contributed by atoms with Crippen LogP contribution in [0.4, 0.5) is 5.69 Å². The molecule has 0 radical (unpaired) electrons. The first kappa shape index (κ1) is 25.6. The minimum absolute atomic E-state index is 0.0344. The molecule has 0 heterocycles. The molecule has 0 saturated carbocycles. The summed E-state index contributed by atoms with van der Waals surface area (Å²) in [5, 5.41) is 5.38. The summed E-state index contributed by atoms with van der Waals surface area (Å²) >= 11 is 0. The molecule has 8 heteroatoms. The molecule has 8 nitrogen and oxygen atoms in total. The smallest absolute Gasteiger partial charge is 0.306 e. The highest BCUT2D eigenvalue weighted by molar-refractivity contribution is 6.04. The molecule has 2 aromatic rings. The van der Waals surface area contributed by atoms with E-state index in [-0.39, 0.29) is 30.4 Å². The van der Waals surface area contributed by atoms with E-state index in [2.05, 4.69) is 10.6 Å². The highest BCUT2D eigenvalue weighted by Crippen LogP contribution is 2.16. The Morgan fingerprint density at radius 3 is 2.30 bits per heavy atom. The van der Waals surface area contributed by atoms with Crippen LogP contribution in [0.5, 0.6) is 5.75 Å². The van der Waals surface area contributed by atoms with E-state index < -0.39 is 18.5 Å². The highest BCUT2D eigenvalue weighted by Gasteiger charge is 2.15. The van der Waals surface area contributed by atoms with Crippen molar-refractivity contribution in [3.63, 3.8) is 0 Å². The minimum atomic E-state index is -0.660. The summed E-state index contributed by atoms with van der Waals surface area (Å²) in [6.07, 6.45) is -0.180. The Bertz CT molecular complexity index is 969. The van der Waals surface area contributed by atoms with E-state index in [1.54, 1.807) is 48.5 Å². The maximum atomic E-state index is 12.3. The molecule has 0 bridgehead atoms. The lowest BCUT2D eigenvalue weighted by Gasteiger charge is -2.12. The maximum absolute atomic E-state index is 12.3. The number of Topliss-reactive ketones (excluding diaryl/α,β-unsaturated/α-hetero) is 1. The van der Waals surface area contributed by atoms with Gasteiger partial charge in [-0.3, -0.25) is 19.2 Å². The molecule has 0 fully saturated rings. The number of amides is 2. The van der Waals surface area contributed by atoms with Crippen LogP contribution in [-0.2, 0) is 14.3 Å². The standard InChI is InChI=1S/C25H30N2O6/c1-4-32-19-11-9-18(10-12-19)22(28)13-14-24(30)33-16-23(29)27-21-8-6-5-7-20(21)25(31)26-15-17(2)3/h5-12,17H,4,13-16H2,1-3H3,(H,26,31)(H,27,29). The van der Waals surface area contributed by atoms with E-state index in [0.29, 0.717) is 35.7 Å². The number of carbonyl (C=O) groups excluding carboxylic acids is 4. The van der Waals surface area contributed by atoms with E-state index >= 15 is 0 Å². The predicted octanol–water partition coefficient (Wildman–Crippen LogP) is 3.62. The van der Waals surface area contributed by atoms with Crippen molar-refractivity contribution < 1.29 is 28.7 Å². The summed E-state index contributed by atoms with van der Waals surface area (Å²) in [5.41, 5.74) is 1.11. The molecule has 176 valence electrons. The third-order valence-corrected chi connectivity index (χ3v) is 4.52. The Morgan fingerprint density at radius 2 is 1.64 bits per heavy atom. The molecule has 0 aliphatic rings. The van der Waals surface area contributed by atoms with Gasteiger partial charge in [-0.05, 0) is 49.2 Å². The molecule has 2 aromatic carbocycles. The van der Waals surface area contributed by atoms with Gasteiger partial charge in [-0.15, -0.1) is 0 Å². The summed E-state index contributed by atoms with van der Waals surface area (Å²) in [7, 11) is 0. The van der Waals surface area contributed by atoms with Gasteiger partial charge < -0.3 is 20.1 Å². The molecule has 0 saturated heterocycles. The van der Waals surface area contributed by atoms with Crippen LogP contribution in [0, 0.1) is 5.92 Å². The number of benzene rings is 2. The summed E-state index contributed by atoms with van der Waals surface area (Å²) in [5.74, 6) is -0.794. The lowest BCUT2D eigenvalue weighted by atomic mass is 10.1. The second kappa shape index (κ2) is 13.0. The fourth-order valence-corrected chi connectivity index (χ4v) is 2.85. The Balaban J connectivity index is 1.80. The number of anilines is 1. The quantitative estimate of drug-likeness (QED) is 0.374. The van der Waals surface area contributed by atoms with Gasteiger partial charge in [0.15, 0.2) is 12.4 Å². The average molecular weight is 455 g/mol. The largest absolute Gasteiger partial charge is 0.494 e. The van der Waals surface area contributed by atoms with Gasteiger partial charge in [0.2, 0.25) is 0 Å². The van der Waals surface area contributed by atoms with Crippen LogP contribution in [0.2, 0.25) is 0 Å². The topological polar surface area (TPSA) is 111 Å². The number of ether oxygens (including phenoxy) is 2. The minimum Gasteiger partial charge on any atom is -0.494 e. The zero-order chi connectivity index (χ0) is 24.2. The number of rotatable bonds is 12. The van der Waals surface area contributed by atoms with Crippen molar-refractivity contribution in [1.29, 1.82) is 0 Å². The zero-order valence-corrected chi connectivity index (χ0v) is 19.2. The van der Waals surface area contributed by atoms with Gasteiger partial charge in [-0.25, -0.2) is 0 Å². The first-order valence-corrected chi connectivity index (χ1v) is 10.9. The van der Waals surface area contributed by atoms with Crippen LogP contribution in [-0.4, -0.2) is 43.3 Å². The fourth-order valence-electron chi connectivity index (χ4n) is 2.85. The van der Waals surface area contributed by atoms with Gasteiger partial charge >= 0.3 is 5.97 Å². The van der Waals surface area contributed by atoms with Crippen molar-refractivity contribution in [2.75, 3.05) is 25.1 Å². The molecular formula is C25H30N2O6. The van der Waals surface area contributed by atoms with Gasteiger partial charge in [0.25, 0.3) is 11.8 Å². The van der Waals surface area contributed by atoms with E-state index in [1.807, 2.05) is 20.8 Å². The van der Waals surface area contributed by atoms with Crippen LogP contribution in [0.15, 0.2) is 48.5 Å². The molecule has 2 amide bonds. The Morgan fingerprint density at radius 1 is 0.939 bits per heavy atom. The molecule has 33 heavy (non-hydrogen) atoms. The second-order valence-electron chi connectivity index (χ2n) is 7.74. The summed E-state index contributed by atoms with van der Waals surface area (Å²) in [4.78, 5) is 48.7. The number of nitrogens with one attached hydrogen (secondary N) is 2. The Hall–Kier alpha value is -3.68. The van der Waals surface area contributed by atoms with Crippen LogP contribution in [0.1, 0.15) is 54.3 Å². The van der Waals surface area contributed by atoms with Gasteiger partial charge in [-0.2, -0.15) is 0 Å². The number of hydrogen-bond acceptors (Lipinski definition) is 6. The van der Waals surface area contributed by atoms with E-state index in [9.17, 15) is 19.2 Å². The third kappa shape index (κ3) is 8.76. The van der Waals surface area contributed by atoms with Crippen LogP contribution in [0.3, 0.4) is 0 Å². The van der Waals surface area contributed by atoms with Gasteiger partial charge in [0.1, 0.15) is 5.75 Å². The highest BCUT2D eigenvalue weighted by atomic mass is 16.5. The monoisotopic (exact) mass is 454 g/mol. The number of carbonyl (C=O) groups is 4. The van der Waals surface area contributed by atoms with E-state index in [4.69, 9.17) is 9.47 Å². The molecule has 0 spiro atoms. The van der Waals surface area contributed by atoms with Gasteiger partial charge in [0, 0.05) is 18.5 Å². The van der Waals surface area contributed by atoms with Crippen molar-refractivity contribution >= 4 is 29.3 Å². The van der Waals surface area contributed by atoms with E-state index in [0.717, 1.165) is 0 Å². The van der Waals surface area contributed by atoms with Crippen molar-refractivity contribution in [2.45, 2.75) is 33.6 Å². The van der Waals surface area contributed by atoms with Crippen molar-refractivity contribution in [3.8, 4) is 5.75 Å². The maximum Gasteiger partial charge on any atom is 0.306 e. The lowest BCUT2D eigenvalue weighted by Crippen LogP contribution is -2.29. The molecular weight excluding hydrogens is 424 g/mol. The molecule has 0 aliphatic heterocycles. The summed E-state index contributed by atoms with van der Waals surface area (Å²) < 4.78 is 10.3. The average Bonchev–Trinajstić information content (AvgIpc) is 2.80. The van der Waals surface area contributed by atoms with Crippen molar-refractivity contribution in [1.82, 2.24) is 5.32 Å². The lowest BCUT2D eigenvalue weighted by molar-refractivity contribution is -0.147. The van der Waals surface area contributed by atoms with Crippen molar-refractivity contribution in [2.24, 2.45) is 5.92 Å². The molecule has 0 atom stereocenters. The van der Waals surface area contributed by atoms with Crippen LogP contribution in [0.25, 0.3) is 0 Å². The summed E-state index contributed by atoms with van der Waals surface area (Å²) in [6, 6.07) is 13.3. The summed E-state index contributed by atoms with van der Waals surface area (Å²) in [6.45, 7) is 6.35.